The minimum Gasteiger partial charge on any atom is -0.481 e. The van der Waals surface area contributed by atoms with E-state index in [1.54, 1.807) is 24.3 Å². The van der Waals surface area contributed by atoms with E-state index in [1.165, 1.54) is 0 Å². The van der Waals surface area contributed by atoms with Crippen molar-refractivity contribution in [3.8, 4) is 0 Å². The number of aliphatic hydroxyl groups excluding tert-OH is 2. The second kappa shape index (κ2) is 7.01. The van der Waals surface area contributed by atoms with Crippen LogP contribution in [0.2, 0.25) is 0 Å². The Morgan fingerprint density at radius 2 is 1.88 bits per heavy atom. The monoisotopic (exact) mass is 239 g/mol. The van der Waals surface area contributed by atoms with Gasteiger partial charge in [-0.05, 0) is 5.56 Å². The summed E-state index contributed by atoms with van der Waals surface area (Å²) < 4.78 is 0. The lowest BCUT2D eigenvalue weighted by Crippen LogP contribution is -2.34. The second-order valence-electron chi connectivity index (χ2n) is 3.80. The lowest BCUT2D eigenvalue weighted by atomic mass is 9.99. The van der Waals surface area contributed by atoms with E-state index < -0.39 is 18.0 Å². The van der Waals surface area contributed by atoms with E-state index in [-0.39, 0.29) is 19.7 Å². The molecule has 5 heteroatoms. The minimum absolute atomic E-state index is 0.174. The zero-order chi connectivity index (χ0) is 12.7. The Kier molecular flexibility index (Phi) is 5.62. The molecule has 2 unspecified atom stereocenters. The van der Waals surface area contributed by atoms with Crippen LogP contribution in [-0.2, 0) is 4.79 Å². The quantitative estimate of drug-likeness (QED) is 0.529. The summed E-state index contributed by atoms with van der Waals surface area (Å²) in [7, 11) is 0. The summed E-state index contributed by atoms with van der Waals surface area (Å²) in [4.78, 5) is 11.1. The first-order valence-corrected chi connectivity index (χ1v) is 5.42. The van der Waals surface area contributed by atoms with Crippen LogP contribution in [0, 0.1) is 0 Å². The van der Waals surface area contributed by atoms with Gasteiger partial charge in [-0.25, -0.2) is 0 Å². The van der Waals surface area contributed by atoms with Crippen LogP contribution in [0.25, 0.3) is 0 Å². The standard InChI is InChI=1S/C12H17NO4/c14-8-10(15)6-13-7-11(12(16)17)9-4-2-1-3-5-9/h1-5,10-11,13-15H,6-8H2,(H,16,17). The first-order chi connectivity index (χ1) is 8.15. The molecule has 4 N–H and O–H groups in total. The molecule has 0 saturated heterocycles. The lowest BCUT2D eigenvalue weighted by Gasteiger charge is -2.15. The molecular weight excluding hydrogens is 222 g/mol. The molecule has 0 heterocycles. The number of benzene rings is 1. The predicted molar refractivity (Wildman–Crippen MR) is 62.8 cm³/mol. The maximum atomic E-state index is 11.1. The molecule has 0 aliphatic heterocycles. The van der Waals surface area contributed by atoms with Gasteiger partial charge < -0.3 is 20.6 Å². The molecule has 17 heavy (non-hydrogen) atoms. The maximum absolute atomic E-state index is 11.1. The van der Waals surface area contributed by atoms with Crippen molar-refractivity contribution in [1.29, 1.82) is 0 Å². The molecule has 94 valence electrons. The molecule has 0 aliphatic rings. The van der Waals surface area contributed by atoms with Gasteiger partial charge in [0.05, 0.1) is 18.6 Å². The number of carboxylic acids is 1. The summed E-state index contributed by atoms with van der Waals surface area (Å²) in [5, 5.41) is 29.7. The van der Waals surface area contributed by atoms with Crippen molar-refractivity contribution in [2.45, 2.75) is 12.0 Å². The van der Waals surface area contributed by atoms with Crippen LogP contribution in [0.4, 0.5) is 0 Å². The largest absolute Gasteiger partial charge is 0.481 e. The number of nitrogens with one attached hydrogen (secondary N) is 1. The Labute approximate surface area is 99.7 Å². The zero-order valence-electron chi connectivity index (χ0n) is 9.41. The summed E-state index contributed by atoms with van der Waals surface area (Å²) in [6, 6.07) is 8.90. The smallest absolute Gasteiger partial charge is 0.312 e. The Bertz CT molecular complexity index is 342. The summed E-state index contributed by atoms with van der Waals surface area (Å²) in [6.07, 6.45) is -0.861. The molecule has 1 aromatic rings. The molecule has 0 aromatic heterocycles. The average molecular weight is 239 g/mol. The molecule has 0 amide bonds. The Morgan fingerprint density at radius 1 is 1.24 bits per heavy atom. The van der Waals surface area contributed by atoms with Crippen LogP contribution in [0.1, 0.15) is 11.5 Å². The van der Waals surface area contributed by atoms with Gasteiger partial charge in [0.25, 0.3) is 0 Å². The summed E-state index contributed by atoms with van der Waals surface area (Å²) in [5.41, 5.74) is 0.714. The summed E-state index contributed by atoms with van der Waals surface area (Å²) >= 11 is 0. The molecular formula is C12H17NO4. The maximum Gasteiger partial charge on any atom is 0.312 e. The number of hydrogen-bond acceptors (Lipinski definition) is 4. The van der Waals surface area contributed by atoms with Gasteiger partial charge in [-0.15, -0.1) is 0 Å². The van der Waals surface area contributed by atoms with Crippen molar-refractivity contribution in [2.24, 2.45) is 0 Å². The molecule has 0 fully saturated rings. The van der Waals surface area contributed by atoms with Gasteiger partial charge in [-0.2, -0.15) is 0 Å². The van der Waals surface area contributed by atoms with E-state index in [9.17, 15) is 4.79 Å². The van der Waals surface area contributed by atoms with E-state index in [0.717, 1.165) is 0 Å². The van der Waals surface area contributed by atoms with Crippen molar-refractivity contribution in [1.82, 2.24) is 5.32 Å². The minimum atomic E-state index is -0.915. The highest BCUT2D eigenvalue weighted by molar-refractivity contribution is 5.76. The van der Waals surface area contributed by atoms with Crippen LogP contribution in [0.15, 0.2) is 30.3 Å². The van der Waals surface area contributed by atoms with Crippen LogP contribution < -0.4 is 5.32 Å². The lowest BCUT2D eigenvalue weighted by molar-refractivity contribution is -0.138. The van der Waals surface area contributed by atoms with Gasteiger partial charge in [0, 0.05) is 13.1 Å². The molecule has 0 radical (unpaired) electrons. The fourth-order valence-corrected chi connectivity index (χ4v) is 1.49. The molecule has 1 aromatic carbocycles. The second-order valence-corrected chi connectivity index (χ2v) is 3.80. The Hall–Kier alpha value is -1.43. The third kappa shape index (κ3) is 4.52. The molecule has 0 aliphatic carbocycles. The fraction of sp³-hybridized carbons (Fsp3) is 0.417. The van der Waals surface area contributed by atoms with E-state index >= 15 is 0 Å². The van der Waals surface area contributed by atoms with Crippen molar-refractivity contribution in [2.75, 3.05) is 19.7 Å². The molecule has 0 bridgehead atoms. The van der Waals surface area contributed by atoms with Crippen molar-refractivity contribution in [3.63, 3.8) is 0 Å². The normalized spacial score (nSPS) is 14.2. The Morgan fingerprint density at radius 3 is 2.41 bits per heavy atom. The van der Waals surface area contributed by atoms with Crippen LogP contribution in [-0.4, -0.2) is 47.1 Å². The van der Waals surface area contributed by atoms with Crippen LogP contribution in [0.3, 0.4) is 0 Å². The number of aliphatic carboxylic acids is 1. The molecule has 2 atom stereocenters. The number of carbonyl (C=O) groups is 1. The predicted octanol–water partition coefficient (Wildman–Crippen LogP) is -0.202. The average Bonchev–Trinajstić information content (AvgIpc) is 2.34. The first kappa shape index (κ1) is 13.6. The third-order valence-electron chi connectivity index (χ3n) is 2.44. The fourth-order valence-electron chi connectivity index (χ4n) is 1.49. The number of carboxylic acid groups (broad SMARTS) is 1. The van der Waals surface area contributed by atoms with Gasteiger partial charge >= 0.3 is 5.97 Å². The molecule has 1 rings (SSSR count). The Balaban J connectivity index is 2.54. The highest BCUT2D eigenvalue weighted by Gasteiger charge is 2.19. The van der Waals surface area contributed by atoms with E-state index in [4.69, 9.17) is 15.3 Å². The van der Waals surface area contributed by atoms with Crippen molar-refractivity contribution < 1.29 is 20.1 Å². The molecule has 0 spiro atoms. The topological polar surface area (TPSA) is 89.8 Å². The third-order valence-corrected chi connectivity index (χ3v) is 2.44. The highest BCUT2D eigenvalue weighted by Crippen LogP contribution is 2.14. The number of aliphatic hydroxyl groups is 2. The summed E-state index contributed by atoms with van der Waals surface area (Å²) in [5.74, 6) is -1.57. The van der Waals surface area contributed by atoms with Crippen LogP contribution in [0.5, 0.6) is 0 Å². The summed E-state index contributed by atoms with van der Waals surface area (Å²) in [6.45, 7) is 0.0552. The van der Waals surface area contributed by atoms with Gasteiger partial charge in [0.1, 0.15) is 0 Å². The van der Waals surface area contributed by atoms with E-state index in [1.807, 2.05) is 6.07 Å². The van der Waals surface area contributed by atoms with Crippen molar-refractivity contribution >= 4 is 5.97 Å². The SMILES string of the molecule is O=C(O)C(CNCC(O)CO)c1ccccc1. The van der Waals surface area contributed by atoms with E-state index in [2.05, 4.69) is 5.32 Å². The van der Waals surface area contributed by atoms with Crippen molar-refractivity contribution in [3.05, 3.63) is 35.9 Å². The van der Waals surface area contributed by atoms with Crippen LogP contribution >= 0.6 is 0 Å². The van der Waals surface area contributed by atoms with Gasteiger partial charge in [0.2, 0.25) is 0 Å². The van der Waals surface area contributed by atoms with Gasteiger partial charge in [-0.1, -0.05) is 30.3 Å². The van der Waals surface area contributed by atoms with E-state index in [0.29, 0.717) is 5.56 Å². The zero-order valence-corrected chi connectivity index (χ0v) is 9.41. The molecule has 5 nitrogen and oxygen atoms in total. The molecule has 0 saturated carbocycles. The first-order valence-electron chi connectivity index (χ1n) is 5.42. The van der Waals surface area contributed by atoms with Gasteiger partial charge in [0.15, 0.2) is 0 Å². The number of hydrogen-bond donors (Lipinski definition) is 4. The number of rotatable bonds is 7. The highest BCUT2D eigenvalue weighted by atomic mass is 16.4. The van der Waals surface area contributed by atoms with Gasteiger partial charge in [-0.3, -0.25) is 4.79 Å².